The lowest BCUT2D eigenvalue weighted by molar-refractivity contribution is 0.0897. The molecular weight excluding hydrogens is 264 g/mol. The van der Waals surface area contributed by atoms with Gasteiger partial charge >= 0.3 is 0 Å². The maximum atomic E-state index is 11.8. The molecule has 1 aliphatic carbocycles. The summed E-state index contributed by atoms with van der Waals surface area (Å²) in [6.45, 7) is 0.780. The molecule has 19 heavy (non-hydrogen) atoms. The van der Waals surface area contributed by atoms with Crippen molar-refractivity contribution in [1.82, 2.24) is 9.69 Å². The van der Waals surface area contributed by atoms with Crippen molar-refractivity contribution in [1.29, 1.82) is 0 Å². The summed E-state index contributed by atoms with van der Waals surface area (Å²) in [5.41, 5.74) is 6.22. The molecule has 6 nitrogen and oxygen atoms in total. The number of carbonyl (C=O) groups excluding carboxylic acids is 1. The Kier molecular flexibility index (Phi) is 3.32. The second kappa shape index (κ2) is 4.97. The number of amides is 1. The molecule has 0 aromatic carbocycles. The first-order valence-corrected chi connectivity index (χ1v) is 7.33. The number of nitrogens with zero attached hydrogens (tertiary/aromatic N) is 1. The smallest absolute Gasteiger partial charge is 0.257 e. The van der Waals surface area contributed by atoms with Gasteiger partial charge < -0.3 is 21.1 Å². The van der Waals surface area contributed by atoms with Crippen LogP contribution in [-0.4, -0.2) is 36.1 Å². The van der Waals surface area contributed by atoms with Gasteiger partial charge in [0.05, 0.1) is 12.1 Å². The monoisotopic (exact) mass is 282 g/mol. The molecular formula is C12H18N4O2S. The van der Waals surface area contributed by atoms with Crippen LogP contribution in [0, 0.1) is 5.92 Å². The van der Waals surface area contributed by atoms with Crippen molar-refractivity contribution in [2.45, 2.75) is 31.4 Å². The van der Waals surface area contributed by atoms with Crippen LogP contribution < -0.4 is 16.4 Å². The molecule has 1 saturated carbocycles. The zero-order valence-electron chi connectivity index (χ0n) is 10.8. The predicted molar refractivity (Wildman–Crippen MR) is 74.4 cm³/mol. The number of nitrogens with one attached hydrogen (secondary N) is 2. The molecule has 2 heterocycles. The summed E-state index contributed by atoms with van der Waals surface area (Å²) in [7, 11) is 1.59. The number of carbonyl (C=O) groups is 1. The third kappa shape index (κ3) is 2.40. The Hall–Kier alpha value is -1.34. The second-order valence-corrected chi connectivity index (χ2v) is 5.84. The summed E-state index contributed by atoms with van der Waals surface area (Å²) in [4.78, 5) is 11.8. The van der Waals surface area contributed by atoms with E-state index in [1.54, 1.807) is 7.05 Å². The van der Waals surface area contributed by atoms with E-state index in [9.17, 15) is 4.79 Å². The fourth-order valence-corrected chi connectivity index (χ4v) is 3.34. The van der Waals surface area contributed by atoms with Gasteiger partial charge in [0.2, 0.25) is 0 Å². The van der Waals surface area contributed by atoms with Gasteiger partial charge in [-0.15, -0.1) is 0 Å². The molecule has 1 aliphatic heterocycles. The lowest BCUT2D eigenvalue weighted by Crippen LogP contribution is -2.31. The van der Waals surface area contributed by atoms with E-state index in [0.29, 0.717) is 11.5 Å². The highest BCUT2D eigenvalue weighted by Gasteiger charge is 2.41. The van der Waals surface area contributed by atoms with Gasteiger partial charge in [-0.05, 0) is 36.7 Å². The van der Waals surface area contributed by atoms with Gasteiger partial charge in [-0.1, -0.05) is 0 Å². The zero-order valence-corrected chi connectivity index (χ0v) is 11.6. The molecule has 0 radical (unpaired) electrons. The highest BCUT2D eigenvalue weighted by atomic mass is 32.1. The van der Waals surface area contributed by atoms with Crippen LogP contribution in [0.5, 0.6) is 0 Å². The Morgan fingerprint density at radius 1 is 1.47 bits per heavy atom. The van der Waals surface area contributed by atoms with Gasteiger partial charge in [0, 0.05) is 13.7 Å². The number of rotatable bonds is 4. The normalized spacial score (nSPS) is 26.4. The summed E-state index contributed by atoms with van der Waals surface area (Å²) >= 11 is 1.24. The second-order valence-electron chi connectivity index (χ2n) is 5.06. The van der Waals surface area contributed by atoms with Gasteiger partial charge in [-0.2, -0.15) is 4.37 Å². The average Bonchev–Trinajstić information content (AvgIpc) is 3.05. The molecule has 1 amide bonds. The van der Waals surface area contributed by atoms with E-state index in [1.165, 1.54) is 24.4 Å². The number of aromatic nitrogens is 1. The Labute approximate surface area is 115 Å². The van der Waals surface area contributed by atoms with E-state index >= 15 is 0 Å². The number of hydrogen-bond donors (Lipinski definition) is 3. The third-order valence-corrected chi connectivity index (χ3v) is 4.50. The zero-order chi connectivity index (χ0) is 13.4. The largest absolute Gasteiger partial charge is 0.382 e. The highest BCUT2D eigenvalue weighted by molar-refractivity contribution is 7.11. The van der Waals surface area contributed by atoms with Crippen LogP contribution in [0.15, 0.2) is 0 Å². The van der Waals surface area contributed by atoms with E-state index < -0.39 is 0 Å². The van der Waals surface area contributed by atoms with E-state index in [2.05, 4.69) is 15.0 Å². The van der Waals surface area contributed by atoms with Gasteiger partial charge in [-0.25, -0.2) is 0 Å². The van der Waals surface area contributed by atoms with Crippen molar-refractivity contribution in [2.24, 2.45) is 5.92 Å². The van der Waals surface area contributed by atoms with Crippen molar-refractivity contribution in [3.05, 3.63) is 5.56 Å². The molecule has 2 atom stereocenters. The van der Waals surface area contributed by atoms with Crippen LogP contribution in [0.2, 0.25) is 0 Å². The molecule has 2 fully saturated rings. The van der Waals surface area contributed by atoms with E-state index in [0.717, 1.165) is 18.0 Å². The minimum absolute atomic E-state index is 0.198. The molecule has 1 aromatic heterocycles. The van der Waals surface area contributed by atoms with Crippen molar-refractivity contribution < 1.29 is 9.53 Å². The van der Waals surface area contributed by atoms with E-state index in [-0.39, 0.29) is 23.9 Å². The first-order chi connectivity index (χ1) is 9.20. The molecule has 2 aliphatic rings. The van der Waals surface area contributed by atoms with Crippen LogP contribution in [0.3, 0.4) is 0 Å². The fraction of sp³-hybridized carbons (Fsp3) is 0.667. The third-order valence-electron chi connectivity index (χ3n) is 3.71. The lowest BCUT2D eigenvalue weighted by atomic mass is 10.1. The van der Waals surface area contributed by atoms with Crippen LogP contribution in [0.4, 0.5) is 10.8 Å². The fourth-order valence-electron chi connectivity index (χ4n) is 2.57. The standard InChI is InChI=1S/C12H18N4O2S/c1-14-11(17)8-10(13)16-19-12(8)15-7-4-5-18-9(7)6-2-3-6/h6-7,9,15H,2-5H2,1H3,(H2,13,16)(H,14,17). The molecule has 2 unspecified atom stereocenters. The maximum absolute atomic E-state index is 11.8. The number of anilines is 2. The van der Waals surface area contributed by atoms with Crippen LogP contribution >= 0.6 is 11.5 Å². The molecule has 1 saturated heterocycles. The van der Waals surface area contributed by atoms with Gasteiger partial charge in [0.15, 0.2) is 5.82 Å². The summed E-state index contributed by atoms with van der Waals surface area (Å²) in [6.07, 6.45) is 3.72. The van der Waals surface area contributed by atoms with Gasteiger partial charge in [0.25, 0.3) is 5.91 Å². The van der Waals surface area contributed by atoms with Crippen LogP contribution in [0.25, 0.3) is 0 Å². The van der Waals surface area contributed by atoms with E-state index in [4.69, 9.17) is 10.5 Å². The van der Waals surface area contributed by atoms with E-state index in [1.807, 2.05) is 0 Å². The van der Waals surface area contributed by atoms with Crippen LogP contribution in [0.1, 0.15) is 29.6 Å². The Balaban J connectivity index is 1.77. The predicted octanol–water partition coefficient (Wildman–Crippen LogP) is 1.06. The molecule has 0 bridgehead atoms. The molecule has 1 aromatic rings. The van der Waals surface area contributed by atoms with Crippen molar-refractivity contribution >= 4 is 28.3 Å². The molecule has 4 N–H and O–H groups in total. The number of nitrogens with two attached hydrogens (primary N) is 1. The van der Waals surface area contributed by atoms with Crippen molar-refractivity contribution in [2.75, 3.05) is 24.7 Å². The average molecular weight is 282 g/mol. The summed E-state index contributed by atoms with van der Waals surface area (Å²) in [5.74, 6) is 0.762. The maximum Gasteiger partial charge on any atom is 0.257 e. The summed E-state index contributed by atoms with van der Waals surface area (Å²) in [6, 6.07) is 0.260. The molecule has 104 valence electrons. The number of nitrogen functional groups attached to an aromatic ring is 1. The molecule has 3 rings (SSSR count). The first kappa shape index (κ1) is 12.7. The van der Waals surface area contributed by atoms with Gasteiger partial charge in [-0.3, -0.25) is 4.79 Å². The quantitative estimate of drug-likeness (QED) is 0.768. The lowest BCUT2D eigenvalue weighted by Gasteiger charge is -2.19. The highest BCUT2D eigenvalue weighted by Crippen LogP contribution is 2.40. The first-order valence-electron chi connectivity index (χ1n) is 6.56. The molecule has 7 heteroatoms. The minimum Gasteiger partial charge on any atom is -0.382 e. The van der Waals surface area contributed by atoms with Crippen molar-refractivity contribution in [3.63, 3.8) is 0 Å². The summed E-state index contributed by atoms with van der Waals surface area (Å²) < 4.78 is 9.85. The Bertz CT molecular complexity index is 486. The molecule has 0 spiro atoms. The SMILES string of the molecule is CNC(=O)c1c(N)nsc1NC1CCOC1C1CC1. The Morgan fingerprint density at radius 3 is 2.95 bits per heavy atom. The van der Waals surface area contributed by atoms with Gasteiger partial charge in [0.1, 0.15) is 10.6 Å². The topological polar surface area (TPSA) is 89.3 Å². The van der Waals surface area contributed by atoms with Crippen molar-refractivity contribution in [3.8, 4) is 0 Å². The number of ether oxygens (including phenoxy) is 1. The number of hydrogen-bond acceptors (Lipinski definition) is 6. The Morgan fingerprint density at radius 2 is 2.26 bits per heavy atom. The minimum atomic E-state index is -0.198. The van der Waals surface area contributed by atoms with Crippen LogP contribution in [-0.2, 0) is 4.74 Å². The summed E-state index contributed by atoms with van der Waals surface area (Å²) in [5, 5.41) is 6.75.